The maximum Gasteiger partial charge on any atom is 0.344 e. The van der Waals surface area contributed by atoms with Crippen molar-refractivity contribution in [2.24, 2.45) is 0 Å². The number of aliphatic hydroxyl groups excluding tert-OH is 1. The van der Waals surface area contributed by atoms with E-state index >= 15 is 0 Å². The van der Waals surface area contributed by atoms with Gasteiger partial charge >= 0.3 is 6.03 Å². The van der Waals surface area contributed by atoms with Gasteiger partial charge in [-0.3, -0.25) is 4.90 Å². The lowest BCUT2D eigenvalue weighted by molar-refractivity contribution is 0.134. The lowest BCUT2D eigenvalue weighted by Gasteiger charge is -2.34. The SMILES string of the molecule is C=C(O)c1ccn(C(=O)N2CCN(Cc3cc(F)cc(Oc4ccccc4Cl)c3)CC2)n1. The number of carbonyl (C=O) groups excluding carboxylic acids is 1. The van der Waals surface area contributed by atoms with Crippen LogP contribution in [0.5, 0.6) is 11.5 Å². The number of hydrogen-bond acceptors (Lipinski definition) is 5. The third kappa shape index (κ3) is 5.09. The number of aromatic nitrogens is 2. The molecule has 4 rings (SSSR count). The van der Waals surface area contributed by atoms with Gasteiger partial charge in [0.25, 0.3) is 0 Å². The molecular weight excluding hydrogens is 435 g/mol. The van der Waals surface area contributed by atoms with E-state index in [4.69, 9.17) is 16.3 Å². The summed E-state index contributed by atoms with van der Waals surface area (Å²) in [7, 11) is 0. The number of halogens is 2. The molecule has 1 amide bonds. The Morgan fingerprint density at radius 1 is 1.16 bits per heavy atom. The Morgan fingerprint density at radius 3 is 2.59 bits per heavy atom. The number of nitrogens with zero attached hydrogens (tertiary/aromatic N) is 4. The molecule has 0 spiro atoms. The van der Waals surface area contributed by atoms with Crippen molar-refractivity contribution in [3.05, 3.63) is 83.4 Å². The molecule has 0 saturated carbocycles. The molecule has 1 saturated heterocycles. The molecule has 0 atom stereocenters. The van der Waals surface area contributed by atoms with Crippen LogP contribution in [-0.4, -0.2) is 56.9 Å². The molecule has 1 fully saturated rings. The summed E-state index contributed by atoms with van der Waals surface area (Å²) in [6, 6.07) is 12.9. The highest BCUT2D eigenvalue weighted by Crippen LogP contribution is 2.30. The standard InChI is InChI=1S/C23H22ClFN4O3/c1-16(30)21-6-7-29(26-21)23(31)28-10-8-27(9-11-28)15-17-12-18(25)14-19(13-17)32-22-5-3-2-4-20(22)24/h2-7,12-14,30H,1,8-11,15H2. The fraction of sp³-hybridized carbons (Fsp3) is 0.217. The summed E-state index contributed by atoms with van der Waals surface area (Å²) in [4.78, 5) is 16.4. The smallest absolute Gasteiger partial charge is 0.344 e. The highest BCUT2D eigenvalue weighted by molar-refractivity contribution is 6.32. The van der Waals surface area contributed by atoms with Crippen molar-refractivity contribution in [1.29, 1.82) is 0 Å². The minimum Gasteiger partial charge on any atom is -0.506 e. The first-order valence-electron chi connectivity index (χ1n) is 10.1. The predicted molar refractivity (Wildman–Crippen MR) is 119 cm³/mol. The second-order valence-electron chi connectivity index (χ2n) is 7.47. The van der Waals surface area contributed by atoms with E-state index in [9.17, 15) is 14.3 Å². The summed E-state index contributed by atoms with van der Waals surface area (Å²) in [6.07, 6.45) is 1.50. The molecule has 1 N–H and O–H groups in total. The molecule has 0 bridgehead atoms. The maximum absolute atomic E-state index is 14.2. The fourth-order valence-electron chi connectivity index (χ4n) is 3.51. The highest BCUT2D eigenvalue weighted by atomic mass is 35.5. The van der Waals surface area contributed by atoms with Crippen molar-refractivity contribution < 1.29 is 19.0 Å². The maximum atomic E-state index is 14.2. The van der Waals surface area contributed by atoms with Crippen LogP contribution >= 0.6 is 11.6 Å². The van der Waals surface area contributed by atoms with Gasteiger partial charge in [0, 0.05) is 45.0 Å². The molecule has 0 aliphatic carbocycles. The first-order valence-corrected chi connectivity index (χ1v) is 10.4. The van der Waals surface area contributed by atoms with E-state index < -0.39 is 5.82 Å². The van der Waals surface area contributed by atoms with Crippen LogP contribution in [0.1, 0.15) is 11.3 Å². The van der Waals surface area contributed by atoms with E-state index in [2.05, 4.69) is 16.6 Å². The fourth-order valence-corrected chi connectivity index (χ4v) is 3.68. The molecule has 2 aromatic carbocycles. The van der Waals surface area contributed by atoms with E-state index in [1.165, 1.54) is 29.1 Å². The first kappa shape index (κ1) is 21.9. The second kappa shape index (κ2) is 9.42. The van der Waals surface area contributed by atoms with Gasteiger partial charge in [0.05, 0.1) is 5.02 Å². The molecule has 0 unspecified atom stereocenters. The van der Waals surface area contributed by atoms with Gasteiger partial charge in [0.1, 0.15) is 28.8 Å². The molecule has 3 aromatic rings. The monoisotopic (exact) mass is 456 g/mol. The topological polar surface area (TPSA) is 70.8 Å². The van der Waals surface area contributed by atoms with E-state index in [1.54, 1.807) is 35.2 Å². The van der Waals surface area contributed by atoms with Crippen molar-refractivity contribution >= 4 is 23.4 Å². The second-order valence-corrected chi connectivity index (χ2v) is 7.87. The predicted octanol–water partition coefficient (Wildman–Crippen LogP) is 4.78. The zero-order valence-electron chi connectivity index (χ0n) is 17.2. The molecular formula is C23H22ClFN4O3. The molecule has 7 nitrogen and oxygen atoms in total. The van der Waals surface area contributed by atoms with Crippen LogP contribution in [0.3, 0.4) is 0 Å². The molecule has 0 radical (unpaired) electrons. The third-order valence-electron chi connectivity index (χ3n) is 5.13. The highest BCUT2D eigenvalue weighted by Gasteiger charge is 2.23. The number of ether oxygens (including phenoxy) is 1. The van der Waals surface area contributed by atoms with Crippen LogP contribution in [0.15, 0.2) is 61.3 Å². The molecule has 166 valence electrons. The van der Waals surface area contributed by atoms with Crippen molar-refractivity contribution in [1.82, 2.24) is 19.6 Å². The largest absolute Gasteiger partial charge is 0.506 e. The Kier molecular flexibility index (Phi) is 6.43. The number of carbonyl (C=O) groups is 1. The van der Waals surface area contributed by atoms with Gasteiger partial charge in [-0.2, -0.15) is 9.78 Å². The van der Waals surface area contributed by atoms with Gasteiger partial charge in [-0.05, 0) is 35.9 Å². The van der Waals surface area contributed by atoms with Crippen LogP contribution in [-0.2, 0) is 6.54 Å². The van der Waals surface area contributed by atoms with Crippen LogP contribution < -0.4 is 4.74 Å². The molecule has 9 heteroatoms. The van der Waals surface area contributed by atoms with Gasteiger partial charge in [0.2, 0.25) is 0 Å². The Labute approximate surface area is 189 Å². The van der Waals surface area contributed by atoms with E-state index in [-0.39, 0.29) is 17.5 Å². The van der Waals surface area contributed by atoms with Crippen LogP contribution in [0.2, 0.25) is 5.02 Å². The average molecular weight is 457 g/mol. The summed E-state index contributed by atoms with van der Waals surface area (Å²) < 4.78 is 21.1. The first-order chi connectivity index (χ1) is 15.4. The molecule has 32 heavy (non-hydrogen) atoms. The number of para-hydroxylation sites is 1. The van der Waals surface area contributed by atoms with E-state index in [0.29, 0.717) is 49.2 Å². The van der Waals surface area contributed by atoms with Crippen molar-refractivity contribution in [2.45, 2.75) is 6.54 Å². The summed E-state index contributed by atoms with van der Waals surface area (Å²) in [6.45, 7) is 6.20. The Balaban J connectivity index is 1.36. The summed E-state index contributed by atoms with van der Waals surface area (Å²) >= 11 is 6.13. The number of rotatable bonds is 5. The molecule has 2 heterocycles. The van der Waals surface area contributed by atoms with E-state index in [1.807, 2.05) is 0 Å². The van der Waals surface area contributed by atoms with Crippen LogP contribution in [0, 0.1) is 5.82 Å². The number of amides is 1. The summed E-state index contributed by atoms with van der Waals surface area (Å²) in [5.41, 5.74) is 1.03. The van der Waals surface area contributed by atoms with Gasteiger partial charge < -0.3 is 14.7 Å². The van der Waals surface area contributed by atoms with Crippen molar-refractivity contribution in [3.8, 4) is 11.5 Å². The van der Waals surface area contributed by atoms with Crippen LogP contribution in [0.25, 0.3) is 5.76 Å². The Hall–Kier alpha value is -3.36. The molecule has 1 aliphatic heterocycles. The lowest BCUT2D eigenvalue weighted by atomic mass is 10.1. The lowest BCUT2D eigenvalue weighted by Crippen LogP contribution is -2.49. The Morgan fingerprint density at radius 2 is 1.91 bits per heavy atom. The minimum absolute atomic E-state index is 0.186. The normalized spacial score (nSPS) is 14.4. The molecule has 1 aromatic heterocycles. The average Bonchev–Trinajstić information content (AvgIpc) is 3.26. The number of aliphatic hydroxyl groups is 1. The minimum atomic E-state index is -0.390. The van der Waals surface area contributed by atoms with E-state index in [0.717, 1.165) is 5.56 Å². The third-order valence-corrected chi connectivity index (χ3v) is 5.44. The van der Waals surface area contributed by atoms with Gasteiger partial charge in [0.15, 0.2) is 0 Å². The van der Waals surface area contributed by atoms with Gasteiger partial charge in [-0.1, -0.05) is 30.3 Å². The number of benzene rings is 2. The van der Waals surface area contributed by atoms with Crippen molar-refractivity contribution in [3.63, 3.8) is 0 Å². The number of hydrogen-bond donors (Lipinski definition) is 1. The quantitative estimate of drug-likeness (QED) is 0.559. The Bertz CT molecular complexity index is 1140. The van der Waals surface area contributed by atoms with Gasteiger partial charge in [-0.25, -0.2) is 9.18 Å². The number of piperazine rings is 1. The zero-order chi connectivity index (χ0) is 22.7. The zero-order valence-corrected chi connectivity index (χ0v) is 18.0. The van der Waals surface area contributed by atoms with Gasteiger partial charge in [-0.15, -0.1) is 0 Å². The molecule has 1 aliphatic rings. The van der Waals surface area contributed by atoms with Crippen LogP contribution in [0.4, 0.5) is 9.18 Å². The van der Waals surface area contributed by atoms with Crippen molar-refractivity contribution in [2.75, 3.05) is 26.2 Å². The summed E-state index contributed by atoms with van der Waals surface area (Å²) in [5.74, 6) is 0.263. The summed E-state index contributed by atoms with van der Waals surface area (Å²) in [5, 5.41) is 13.9.